The number of rotatable bonds is 2. The summed E-state index contributed by atoms with van der Waals surface area (Å²) < 4.78 is 13.2. The van der Waals surface area contributed by atoms with Crippen molar-refractivity contribution in [1.82, 2.24) is 24.8 Å². The Morgan fingerprint density at radius 3 is 2.33 bits per heavy atom. The molecule has 1 aliphatic heterocycles. The topological polar surface area (TPSA) is 119 Å². The highest BCUT2D eigenvalue weighted by molar-refractivity contribution is 6.33. The van der Waals surface area contributed by atoms with Crippen molar-refractivity contribution in [2.24, 2.45) is 0 Å². The first-order valence-electron chi connectivity index (χ1n) is 8.99. The Kier molecular flexibility index (Phi) is 5.08. The minimum absolute atomic E-state index is 0.0315. The van der Waals surface area contributed by atoms with Crippen LogP contribution in [0.1, 0.15) is 20.7 Å². The van der Waals surface area contributed by atoms with Gasteiger partial charge in [0.05, 0.1) is 21.5 Å². The van der Waals surface area contributed by atoms with Crippen LogP contribution in [0.4, 0.5) is 4.39 Å². The molecule has 0 bridgehead atoms. The number of aromatic amines is 2. The third kappa shape index (κ3) is 3.69. The SMILES string of the molecule is O=C(c1cnc2[nH]c(=O)[nH]c(=O)c2c1)N1CCN(C(=O)c2ccc(F)cc2Cl)CC1. The summed E-state index contributed by atoms with van der Waals surface area (Å²) in [6.45, 7) is 1.08. The van der Waals surface area contributed by atoms with E-state index in [1.807, 2.05) is 0 Å². The van der Waals surface area contributed by atoms with Crippen LogP contribution in [0.3, 0.4) is 0 Å². The summed E-state index contributed by atoms with van der Waals surface area (Å²) in [7, 11) is 0. The lowest BCUT2D eigenvalue weighted by atomic mass is 10.1. The number of carbonyl (C=O) groups excluding carboxylic acids is 2. The maximum Gasteiger partial charge on any atom is 0.327 e. The molecule has 1 aromatic carbocycles. The van der Waals surface area contributed by atoms with E-state index in [1.165, 1.54) is 29.3 Å². The van der Waals surface area contributed by atoms with E-state index in [-0.39, 0.29) is 65.2 Å². The number of halogens is 2. The van der Waals surface area contributed by atoms with Gasteiger partial charge in [-0.05, 0) is 24.3 Å². The fourth-order valence-electron chi connectivity index (χ4n) is 3.29. The second-order valence-corrected chi connectivity index (χ2v) is 7.14. The van der Waals surface area contributed by atoms with Crippen molar-refractivity contribution in [2.45, 2.75) is 0 Å². The van der Waals surface area contributed by atoms with Crippen molar-refractivity contribution in [2.75, 3.05) is 26.2 Å². The van der Waals surface area contributed by atoms with Gasteiger partial charge in [-0.15, -0.1) is 0 Å². The number of benzene rings is 1. The lowest BCUT2D eigenvalue weighted by Gasteiger charge is -2.35. The van der Waals surface area contributed by atoms with Crippen molar-refractivity contribution < 1.29 is 14.0 Å². The van der Waals surface area contributed by atoms with Gasteiger partial charge in [-0.2, -0.15) is 0 Å². The number of H-pyrrole nitrogens is 2. The Balaban J connectivity index is 1.48. The molecule has 0 radical (unpaired) electrons. The van der Waals surface area contributed by atoms with Crippen molar-refractivity contribution >= 4 is 34.4 Å². The van der Waals surface area contributed by atoms with Gasteiger partial charge in [0.25, 0.3) is 17.4 Å². The van der Waals surface area contributed by atoms with E-state index in [0.717, 1.165) is 6.07 Å². The van der Waals surface area contributed by atoms with Crippen LogP contribution < -0.4 is 11.2 Å². The first-order chi connectivity index (χ1) is 14.3. The molecule has 2 amide bonds. The Morgan fingerprint density at radius 2 is 1.67 bits per heavy atom. The summed E-state index contributed by atoms with van der Waals surface area (Å²) in [5, 5.41) is 0.129. The van der Waals surface area contributed by atoms with Gasteiger partial charge in [0, 0.05) is 32.4 Å². The molecule has 4 rings (SSSR count). The fraction of sp³-hybridized carbons (Fsp3) is 0.211. The fourth-order valence-corrected chi connectivity index (χ4v) is 3.54. The minimum Gasteiger partial charge on any atom is -0.335 e. The zero-order valence-corrected chi connectivity index (χ0v) is 16.2. The molecule has 9 nitrogen and oxygen atoms in total. The van der Waals surface area contributed by atoms with Gasteiger partial charge in [0.1, 0.15) is 11.5 Å². The van der Waals surface area contributed by atoms with Crippen LogP contribution in [0, 0.1) is 5.82 Å². The zero-order chi connectivity index (χ0) is 21.4. The van der Waals surface area contributed by atoms with Crippen LogP contribution in [0.5, 0.6) is 0 Å². The van der Waals surface area contributed by atoms with Gasteiger partial charge < -0.3 is 9.80 Å². The molecule has 1 saturated heterocycles. The van der Waals surface area contributed by atoms with Gasteiger partial charge in [0.2, 0.25) is 0 Å². The summed E-state index contributed by atoms with van der Waals surface area (Å²) in [5.74, 6) is -1.21. The number of amides is 2. The molecule has 3 heterocycles. The van der Waals surface area contributed by atoms with Gasteiger partial charge in [-0.1, -0.05) is 11.6 Å². The largest absolute Gasteiger partial charge is 0.335 e. The van der Waals surface area contributed by atoms with Crippen LogP contribution in [0.2, 0.25) is 5.02 Å². The number of nitrogens with one attached hydrogen (secondary N) is 2. The van der Waals surface area contributed by atoms with Crippen LogP contribution in [0.25, 0.3) is 11.0 Å². The number of pyridine rings is 1. The first-order valence-corrected chi connectivity index (χ1v) is 9.37. The van der Waals surface area contributed by atoms with Crippen molar-refractivity contribution in [3.8, 4) is 0 Å². The highest BCUT2D eigenvalue weighted by atomic mass is 35.5. The first kappa shape index (κ1) is 19.8. The molecule has 0 unspecified atom stereocenters. The molecule has 1 aliphatic rings. The second-order valence-electron chi connectivity index (χ2n) is 6.74. The van der Waals surface area contributed by atoms with E-state index in [2.05, 4.69) is 15.0 Å². The van der Waals surface area contributed by atoms with Crippen LogP contribution in [-0.2, 0) is 0 Å². The molecule has 1 fully saturated rings. The summed E-state index contributed by atoms with van der Waals surface area (Å²) in [5.41, 5.74) is -0.832. The maximum absolute atomic E-state index is 13.2. The van der Waals surface area contributed by atoms with Crippen molar-refractivity contribution in [3.63, 3.8) is 0 Å². The average Bonchev–Trinajstić information content (AvgIpc) is 2.72. The molecule has 3 aromatic rings. The molecule has 0 saturated carbocycles. The van der Waals surface area contributed by atoms with E-state index in [4.69, 9.17) is 11.6 Å². The number of carbonyl (C=O) groups is 2. The summed E-state index contributed by atoms with van der Waals surface area (Å²) >= 11 is 5.96. The zero-order valence-electron chi connectivity index (χ0n) is 15.4. The Hall–Kier alpha value is -3.53. The number of piperazine rings is 1. The quantitative estimate of drug-likeness (QED) is 0.627. The highest BCUT2D eigenvalue weighted by Crippen LogP contribution is 2.20. The Bertz CT molecular complexity index is 1280. The lowest BCUT2D eigenvalue weighted by molar-refractivity contribution is 0.0535. The third-order valence-corrected chi connectivity index (χ3v) is 5.17. The van der Waals surface area contributed by atoms with E-state index >= 15 is 0 Å². The van der Waals surface area contributed by atoms with Crippen LogP contribution >= 0.6 is 11.6 Å². The lowest BCUT2D eigenvalue weighted by Crippen LogP contribution is -2.50. The van der Waals surface area contributed by atoms with E-state index < -0.39 is 17.1 Å². The number of nitrogens with zero attached hydrogens (tertiary/aromatic N) is 3. The number of aromatic nitrogens is 3. The van der Waals surface area contributed by atoms with Gasteiger partial charge in [0.15, 0.2) is 0 Å². The molecule has 0 atom stereocenters. The second kappa shape index (κ2) is 7.71. The van der Waals surface area contributed by atoms with Crippen LogP contribution in [0.15, 0.2) is 40.1 Å². The molecule has 2 N–H and O–H groups in total. The monoisotopic (exact) mass is 431 g/mol. The van der Waals surface area contributed by atoms with Gasteiger partial charge in [-0.25, -0.2) is 14.2 Å². The molecular weight excluding hydrogens is 417 g/mol. The normalized spacial score (nSPS) is 14.2. The van der Waals surface area contributed by atoms with Crippen molar-refractivity contribution in [3.05, 3.63) is 73.3 Å². The van der Waals surface area contributed by atoms with Gasteiger partial charge in [-0.3, -0.25) is 24.4 Å². The predicted molar refractivity (Wildman–Crippen MR) is 106 cm³/mol. The summed E-state index contributed by atoms with van der Waals surface area (Å²) in [6, 6.07) is 4.95. The summed E-state index contributed by atoms with van der Waals surface area (Å²) in [6.07, 6.45) is 1.29. The maximum atomic E-state index is 13.2. The van der Waals surface area contributed by atoms with Gasteiger partial charge >= 0.3 is 5.69 Å². The van der Waals surface area contributed by atoms with E-state index in [0.29, 0.717) is 0 Å². The summed E-state index contributed by atoms with van der Waals surface area (Å²) in [4.78, 5) is 60.2. The highest BCUT2D eigenvalue weighted by Gasteiger charge is 2.27. The van der Waals surface area contributed by atoms with Crippen LogP contribution in [-0.4, -0.2) is 62.7 Å². The van der Waals surface area contributed by atoms with E-state index in [9.17, 15) is 23.6 Å². The molecule has 2 aromatic heterocycles. The number of hydrogen-bond acceptors (Lipinski definition) is 5. The molecule has 154 valence electrons. The minimum atomic E-state index is -0.680. The molecular formula is C19H15ClFN5O4. The number of hydrogen-bond donors (Lipinski definition) is 2. The predicted octanol–water partition coefficient (Wildman–Crippen LogP) is 1.00. The Morgan fingerprint density at radius 1 is 1.00 bits per heavy atom. The molecule has 0 spiro atoms. The molecule has 11 heteroatoms. The molecule has 0 aliphatic carbocycles. The standard InChI is InChI=1S/C19H15ClFN5O4/c20-14-8-11(21)1-2-12(14)18(29)26-5-3-25(4-6-26)17(28)10-7-13-15(22-9-10)23-19(30)24-16(13)27/h1-2,7-9H,3-6H2,(H2,22,23,24,27,30). The Labute approximate surface area is 173 Å². The third-order valence-electron chi connectivity index (χ3n) is 4.85. The smallest absolute Gasteiger partial charge is 0.327 e. The number of fused-ring (bicyclic) bond motifs is 1. The molecule has 30 heavy (non-hydrogen) atoms. The average molecular weight is 432 g/mol. The van der Waals surface area contributed by atoms with Crippen molar-refractivity contribution in [1.29, 1.82) is 0 Å². The van der Waals surface area contributed by atoms with E-state index in [1.54, 1.807) is 4.90 Å².